The minimum Gasteiger partial charge on any atom is -0.307 e. The lowest BCUT2D eigenvalue weighted by Gasteiger charge is -2.16. The van der Waals surface area contributed by atoms with Crippen molar-refractivity contribution in [2.75, 3.05) is 0 Å². The predicted molar refractivity (Wildman–Crippen MR) is 59.7 cm³/mol. The molecule has 3 rings (SSSR count). The van der Waals surface area contributed by atoms with E-state index in [2.05, 4.69) is 27.8 Å². The van der Waals surface area contributed by atoms with Gasteiger partial charge in [0.05, 0.1) is 12.6 Å². The number of nitrogens with zero attached hydrogens (tertiary/aromatic N) is 4. The summed E-state index contributed by atoms with van der Waals surface area (Å²) < 4.78 is 1.99. The SMILES string of the molecule is CC1CCCC1NCc1nnnn1C1CC1. The molecule has 88 valence electrons. The van der Waals surface area contributed by atoms with Gasteiger partial charge >= 0.3 is 0 Å². The Labute approximate surface area is 95.6 Å². The topological polar surface area (TPSA) is 55.6 Å². The van der Waals surface area contributed by atoms with Crippen LogP contribution in [0.5, 0.6) is 0 Å². The average Bonchev–Trinajstić information content (AvgIpc) is 2.88. The first-order chi connectivity index (χ1) is 7.84. The predicted octanol–water partition coefficient (Wildman–Crippen LogP) is 1.29. The normalized spacial score (nSPS) is 29.8. The lowest BCUT2D eigenvalue weighted by Crippen LogP contribution is -2.31. The van der Waals surface area contributed by atoms with Crippen LogP contribution in [0.2, 0.25) is 0 Å². The zero-order chi connectivity index (χ0) is 11.0. The number of hydrogen-bond acceptors (Lipinski definition) is 4. The minimum absolute atomic E-state index is 0.577. The summed E-state index contributed by atoms with van der Waals surface area (Å²) in [5, 5.41) is 15.5. The molecule has 1 aromatic heterocycles. The first-order valence-corrected chi connectivity index (χ1v) is 6.34. The fourth-order valence-corrected chi connectivity index (χ4v) is 2.60. The van der Waals surface area contributed by atoms with Gasteiger partial charge in [-0.2, -0.15) is 0 Å². The Morgan fingerprint density at radius 1 is 1.31 bits per heavy atom. The van der Waals surface area contributed by atoms with Crippen molar-refractivity contribution in [1.29, 1.82) is 0 Å². The van der Waals surface area contributed by atoms with Gasteiger partial charge in [0.1, 0.15) is 0 Å². The second-order valence-electron chi connectivity index (χ2n) is 5.17. The Morgan fingerprint density at radius 2 is 2.19 bits per heavy atom. The molecule has 1 aromatic rings. The Bertz CT molecular complexity index is 357. The standard InChI is InChI=1S/C11H19N5/c1-8-3-2-4-10(8)12-7-11-13-14-15-16(11)9-5-6-9/h8-10,12H,2-7H2,1H3. The molecule has 5 nitrogen and oxygen atoms in total. The largest absolute Gasteiger partial charge is 0.307 e. The van der Waals surface area contributed by atoms with Gasteiger partial charge in [-0.3, -0.25) is 0 Å². The van der Waals surface area contributed by atoms with E-state index < -0.39 is 0 Å². The zero-order valence-corrected chi connectivity index (χ0v) is 9.76. The molecule has 2 aliphatic rings. The van der Waals surface area contributed by atoms with Crippen molar-refractivity contribution in [3.05, 3.63) is 5.82 Å². The Balaban J connectivity index is 1.59. The molecule has 1 N–H and O–H groups in total. The van der Waals surface area contributed by atoms with Crippen molar-refractivity contribution in [3.63, 3.8) is 0 Å². The molecule has 0 bridgehead atoms. The van der Waals surface area contributed by atoms with Crippen LogP contribution in [0.4, 0.5) is 0 Å². The van der Waals surface area contributed by atoms with Crippen LogP contribution in [-0.2, 0) is 6.54 Å². The highest BCUT2D eigenvalue weighted by Gasteiger charge is 2.28. The minimum atomic E-state index is 0.577. The van der Waals surface area contributed by atoms with Gasteiger partial charge < -0.3 is 5.32 Å². The third kappa shape index (κ3) is 1.96. The van der Waals surface area contributed by atoms with Gasteiger partial charge in [0, 0.05) is 6.04 Å². The monoisotopic (exact) mass is 221 g/mol. The second-order valence-corrected chi connectivity index (χ2v) is 5.17. The van der Waals surface area contributed by atoms with E-state index in [-0.39, 0.29) is 0 Å². The molecule has 0 radical (unpaired) electrons. The number of tetrazole rings is 1. The zero-order valence-electron chi connectivity index (χ0n) is 9.76. The molecule has 0 amide bonds. The molecule has 2 saturated carbocycles. The quantitative estimate of drug-likeness (QED) is 0.832. The third-order valence-corrected chi connectivity index (χ3v) is 3.84. The molecule has 2 atom stereocenters. The van der Waals surface area contributed by atoms with Crippen LogP contribution in [0.3, 0.4) is 0 Å². The molecule has 0 aliphatic heterocycles. The van der Waals surface area contributed by atoms with Gasteiger partial charge in [-0.1, -0.05) is 13.3 Å². The van der Waals surface area contributed by atoms with Crippen molar-refractivity contribution in [1.82, 2.24) is 25.5 Å². The lowest BCUT2D eigenvalue weighted by atomic mass is 10.1. The van der Waals surface area contributed by atoms with E-state index in [0.29, 0.717) is 12.1 Å². The van der Waals surface area contributed by atoms with Crippen LogP contribution in [-0.4, -0.2) is 26.2 Å². The fraction of sp³-hybridized carbons (Fsp3) is 0.909. The third-order valence-electron chi connectivity index (χ3n) is 3.84. The number of rotatable bonds is 4. The fourth-order valence-electron chi connectivity index (χ4n) is 2.60. The van der Waals surface area contributed by atoms with Gasteiger partial charge in [0.15, 0.2) is 5.82 Å². The van der Waals surface area contributed by atoms with Crippen molar-refractivity contribution < 1.29 is 0 Å². The maximum absolute atomic E-state index is 4.10. The van der Waals surface area contributed by atoms with E-state index >= 15 is 0 Å². The number of hydrogen-bond donors (Lipinski definition) is 1. The molecule has 2 fully saturated rings. The molecule has 16 heavy (non-hydrogen) atoms. The number of nitrogens with one attached hydrogen (secondary N) is 1. The molecular weight excluding hydrogens is 202 g/mol. The van der Waals surface area contributed by atoms with Crippen LogP contribution >= 0.6 is 0 Å². The van der Waals surface area contributed by atoms with E-state index in [4.69, 9.17) is 0 Å². The van der Waals surface area contributed by atoms with Crippen molar-refractivity contribution in [2.24, 2.45) is 5.92 Å². The van der Waals surface area contributed by atoms with Gasteiger partial charge in [0.2, 0.25) is 0 Å². The van der Waals surface area contributed by atoms with E-state index in [1.165, 1.54) is 32.1 Å². The van der Waals surface area contributed by atoms with Gasteiger partial charge in [-0.15, -0.1) is 5.10 Å². The average molecular weight is 221 g/mol. The summed E-state index contributed by atoms with van der Waals surface area (Å²) in [5.41, 5.74) is 0. The molecule has 0 saturated heterocycles. The highest BCUT2D eigenvalue weighted by Crippen LogP contribution is 2.34. The van der Waals surface area contributed by atoms with Crippen LogP contribution in [0.1, 0.15) is 50.9 Å². The molecule has 0 aromatic carbocycles. The maximum Gasteiger partial charge on any atom is 0.165 e. The summed E-state index contributed by atoms with van der Waals surface area (Å²) in [6, 6.07) is 1.23. The Hall–Kier alpha value is -0.970. The van der Waals surface area contributed by atoms with Crippen LogP contribution in [0.25, 0.3) is 0 Å². The smallest absolute Gasteiger partial charge is 0.165 e. The second kappa shape index (κ2) is 4.13. The van der Waals surface area contributed by atoms with Gasteiger partial charge in [-0.25, -0.2) is 4.68 Å². The summed E-state index contributed by atoms with van der Waals surface area (Å²) in [4.78, 5) is 0. The molecule has 0 spiro atoms. The lowest BCUT2D eigenvalue weighted by molar-refractivity contribution is 0.413. The first kappa shape index (κ1) is 10.2. The molecule has 2 unspecified atom stereocenters. The summed E-state index contributed by atoms with van der Waals surface area (Å²) in [6.07, 6.45) is 6.47. The number of aromatic nitrogens is 4. The Morgan fingerprint density at radius 3 is 2.88 bits per heavy atom. The van der Waals surface area contributed by atoms with Gasteiger partial charge in [0.25, 0.3) is 0 Å². The molecule has 1 heterocycles. The van der Waals surface area contributed by atoms with Crippen LogP contribution < -0.4 is 5.32 Å². The van der Waals surface area contributed by atoms with Gasteiger partial charge in [-0.05, 0) is 42.0 Å². The van der Waals surface area contributed by atoms with E-state index in [9.17, 15) is 0 Å². The first-order valence-electron chi connectivity index (χ1n) is 6.34. The maximum atomic E-state index is 4.10. The van der Waals surface area contributed by atoms with Crippen molar-refractivity contribution in [2.45, 2.75) is 57.7 Å². The Kier molecular flexibility index (Phi) is 2.63. The van der Waals surface area contributed by atoms with Crippen molar-refractivity contribution >= 4 is 0 Å². The van der Waals surface area contributed by atoms with Crippen LogP contribution in [0, 0.1) is 5.92 Å². The summed E-state index contributed by atoms with van der Waals surface area (Å²) in [6.45, 7) is 3.15. The summed E-state index contributed by atoms with van der Waals surface area (Å²) in [7, 11) is 0. The van der Waals surface area contributed by atoms with E-state index in [1.54, 1.807) is 0 Å². The highest BCUT2D eigenvalue weighted by molar-refractivity contribution is 4.91. The molecule has 2 aliphatic carbocycles. The van der Waals surface area contributed by atoms with E-state index in [0.717, 1.165) is 18.3 Å². The summed E-state index contributed by atoms with van der Waals surface area (Å²) in [5.74, 6) is 1.80. The highest BCUT2D eigenvalue weighted by atomic mass is 15.6. The van der Waals surface area contributed by atoms with E-state index in [1.807, 2.05) is 4.68 Å². The summed E-state index contributed by atoms with van der Waals surface area (Å²) >= 11 is 0. The molecular formula is C11H19N5. The van der Waals surface area contributed by atoms with Crippen LogP contribution in [0.15, 0.2) is 0 Å². The molecule has 5 heteroatoms. The van der Waals surface area contributed by atoms with Crippen molar-refractivity contribution in [3.8, 4) is 0 Å².